The van der Waals surface area contributed by atoms with Crippen LogP contribution in [-0.2, 0) is 0 Å². The Morgan fingerprint density at radius 3 is 1.07 bits per heavy atom. The summed E-state index contributed by atoms with van der Waals surface area (Å²) in [7, 11) is 0. The summed E-state index contributed by atoms with van der Waals surface area (Å²) in [6.45, 7) is 38.1. The van der Waals surface area contributed by atoms with Crippen LogP contribution in [0.1, 0.15) is 216 Å². The number of alkyl halides is 12. The van der Waals surface area contributed by atoms with Crippen LogP contribution in [0.5, 0.6) is 34.5 Å². The number of hydrogen-bond acceptors (Lipinski definition) is 6. The Morgan fingerprint density at radius 1 is 0.344 bits per heavy atom. The highest BCUT2D eigenvalue weighted by Gasteiger charge is 2.40. The maximum absolute atomic E-state index is 12.3. The van der Waals surface area contributed by atoms with Gasteiger partial charge in [-0.25, -0.2) is 0 Å². The summed E-state index contributed by atoms with van der Waals surface area (Å²) < 4.78 is 175. The molecule has 0 heterocycles. The van der Waals surface area contributed by atoms with Crippen LogP contribution in [0, 0.1) is 20.8 Å². The average molecular weight is 1290 g/mol. The molecule has 0 aliphatic carbocycles. The molecular weight excluding hydrogens is 1190 g/mol. The Bertz CT molecular complexity index is 2890. The van der Waals surface area contributed by atoms with Crippen molar-refractivity contribution in [2.24, 2.45) is 0 Å². The van der Waals surface area contributed by atoms with Crippen molar-refractivity contribution in [3.63, 3.8) is 0 Å². The Morgan fingerprint density at radius 2 is 0.711 bits per heavy atom. The number of halogens is 12. The molecule has 6 aromatic carbocycles. The molecular formula is C72H96F12O6. The fourth-order valence-corrected chi connectivity index (χ4v) is 7.76. The lowest BCUT2D eigenvalue weighted by molar-refractivity contribution is -0.287. The van der Waals surface area contributed by atoms with Crippen molar-refractivity contribution in [2.45, 2.75) is 224 Å². The van der Waals surface area contributed by atoms with Gasteiger partial charge in [-0.2, -0.15) is 26.3 Å². The van der Waals surface area contributed by atoms with Gasteiger partial charge in [0.15, 0.2) is 23.7 Å². The molecule has 0 radical (unpaired) electrons. The Hall–Kier alpha value is -6.72. The molecule has 90 heavy (non-hydrogen) atoms. The lowest BCUT2D eigenvalue weighted by atomic mass is 9.99. The minimum Gasteiger partial charge on any atom is -0.494 e. The van der Waals surface area contributed by atoms with E-state index >= 15 is 0 Å². The molecule has 0 amide bonds. The van der Waals surface area contributed by atoms with Crippen molar-refractivity contribution in [1.29, 1.82) is 0 Å². The van der Waals surface area contributed by atoms with Gasteiger partial charge in [-0.15, -0.1) is 26.3 Å². The predicted octanol–water partition coefficient (Wildman–Crippen LogP) is 24.2. The van der Waals surface area contributed by atoms with Crippen LogP contribution < -0.4 is 28.4 Å². The van der Waals surface area contributed by atoms with Crippen LogP contribution in [0.2, 0.25) is 0 Å². The van der Waals surface area contributed by atoms with Crippen molar-refractivity contribution >= 4 is 0 Å². The fourth-order valence-electron chi connectivity index (χ4n) is 7.76. The van der Waals surface area contributed by atoms with Gasteiger partial charge >= 0.3 is 25.1 Å². The number of hydrogen-bond donors (Lipinski definition) is 0. The molecule has 2 atom stereocenters. The number of aryl methyl sites for hydroxylation is 3. The van der Waals surface area contributed by atoms with Crippen molar-refractivity contribution in [3.8, 4) is 34.5 Å². The lowest BCUT2D eigenvalue weighted by Crippen LogP contribution is -2.31. The number of ether oxygens (including phenoxy) is 6. The molecule has 0 saturated carbocycles. The average Bonchev–Trinajstić information content (AvgIpc) is 0.915. The summed E-state index contributed by atoms with van der Waals surface area (Å²) in [5.74, 6) is 2.77. The van der Waals surface area contributed by atoms with Crippen LogP contribution >= 0.6 is 0 Å². The molecule has 0 saturated heterocycles. The first-order valence-electron chi connectivity index (χ1n) is 30.4. The van der Waals surface area contributed by atoms with Crippen molar-refractivity contribution < 1.29 is 81.1 Å². The van der Waals surface area contributed by atoms with Gasteiger partial charge in [0.25, 0.3) is 0 Å². The summed E-state index contributed by atoms with van der Waals surface area (Å²) in [5, 5.41) is 0. The zero-order valence-electron chi connectivity index (χ0n) is 55.8. The standard InChI is InChI=1S/C13H20O.C12H12F6O2.2C12H15F3O.C12H18O.C11H16/c1-4-5-10-14-13-8-6-12(7-9-13)11(2)3;1-6(2)8-4-7(3)10(20-12(16,17)18)9(5-8)19-11(13,14)15;1-8(2)10-4-6-11(7-5-10)16-9(3)12(13,14)15;1-8(2)10-5-4-6-11(7-10)16-9(3)12(13,14)15;1-4-9-13-12-7-5-11(6-8-12)10(2)3;1-8(2)11-6-9(3)5-10(4)7-11/h6-9,11H,4-5,10H2,1-3H3;4-6H,1-3H3;2*4-9H,1-3H3;5-8,10H,4,9H2,1-3H3;5-8H,1-4H3. The quantitative estimate of drug-likeness (QED) is 0.0595. The molecule has 6 rings (SSSR count). The van der Waals surface area contributed by atoms with Gasteiger partial charge in [0, 0.05) is 0 Å². The van der Waals surface area contributed by atoms with Gasteiger partial charge in [-0.05, 0) is 177 Å². The Balaban J connectivity index is 0.000000545. The van der Waals surface area contributed by atoms with Crippen molar-refractivity contribution in [3.05, 3.63) is 177 Å². The maximum atomic E-state index is 12.3. The minimum atomic E-state index is -5.11. The molecule has 0 aliphatic heterocycles. The lowest BCUT2D eigenvalue weighted by Gasteiger charge is -2.19. The minimum absolute atomic E-state index is 0.0900. The molecule has 0 spiro atoms. The monoisotopic (exact) mass is 1280 g/mol. The molecule has 0 bridgehead atoms. The predicted molar refractivity (Wildman–Crippen MR) is 339 cm³/mol. The number of unbranched alkanes of at least 4 members (excludes halogenated alkanes) is 1. The van der Waals surface area contributed by atoms with E-state index in [0.29, 0.717) is 29.2 Å². The van der Waals surface area contributed by atoms with Crippen molar-refractivity contribution in [1.82, 2.24) is 0 Å². The first kappa shape index (κ1) is 81.3. The maximum Gasteiger partial charge on any atom is 0.573 e. The topological polar surface area (TPSA) is 55.4 Å². The summed E-state index contributed by atoms with van der Waals surface area (Å²) in [6, 6.07) is 39.2. The van der Waals surface area contributed by atoms with Crippen LogP contribution in [0.4, 0.5) is 52.7 Å². The van der Waals surface area contributed by atoms with E-state index < -0.39 is 48.8 Å². The van der Waals surface area contributed by atoms with Gasteiger partial charge in [0.05, 0.1) is 13.2 Å². The molecule has 0 N–H and O–H groups in total. The second-order valence-electron chi connectivity index (χ2n) is 23.5. The molecule has 0 fully saturated rings. The van der Waals surface area contributed by atoms with Crippen LogP contribution in [-0.4, -0.2) is 50.5 Å². The second kappa shape index (κ2) is 38.9. The Labute approximate surface area is 528 Å². The number of rotatable bonds is 19. The van der Waals surface area contributed by atoms with Crippen LogP contribution in [0.15, 0.2) is 127 Å². The summed E-state index contributed by atoms with van der Waals surface area (Å²) in [6.07, 6.45) is -19.0. The van der Waals surface area contributed by atoms with Crippen molar-refractivity contribution in [2.75, 3.05) is 13.2 Å². The highest BCUT2D eigenvalue weighted by Crippen LogP contribution is 2.41. The molecule has 504 valence electrons. The van der Waals surface area contributed by atoms with Crippen LogP contribution in [0.3, 0.4) is 0 Å². The molecule has 0 aliphatic rings. The third-order valence-electron chi connectivity index (χ3n) is 13.2. The third kappa shape index (κ3) is 33.9. The molecule has 6 aromatic rings. The first-order chi connectivity index (χ1) is 41.6. The zero-order valence-corrected chi connectivity index (χ0v) is 55.8. The van der Waals surface area contributed by atoms with Gasteiger partial charge in [-0.1, -0.05) is 187 Å². The van der Waals surface area contributed by atoms with Crippen LogP contribution in [0.25, 0.3) is 0 Å². The summed E-state index contributed by atoms with van der Waals surface area (Å²) in [5.41, 5.74) is 9.28. The zero-order chi connectivity index (χ0) is 68.9. The van der Waals surface area contributed by atoms with Gasteiger partial charge < -0.3 is 28.4 Å². The van der Waals surface area contributed by atoms with E-state index in [1.807, 2.05) is 45.9 Å². The molecule has 0 aromatic heterocycles. The summed E-state index contributed by atoms with van der Waals surface area (Å²) in [4.78, 5) is 0. The Kier molecular flexibility index (Phi) is 35.1. The number of benzene rings is 6. The molecule has 18 heteroatoms. The van der Waals surface area contributed by atoms with E-state index in [2.05, 4.69) is 133 Å². The third-order valence-corrected chi connectivity index (χ3v) is 13.2. The molecule has 6 nitrogen and oxygen atoms in total. The first-order valence-corrected chi connectivity index (χ1v) is 30.4. The van der Waals surface area contributed by atoms with E-state index in [4.69, 9.17) is 18.9 Å². The SMILES string of the molecule is CC(C)c1ccc(OC(C)C(F)(F)F)cc1.CC(C)c1cccc(OC(C)C(F)(F)F)c1.CCCCOc1ccc(C(C)C)cc1.CCCOc1ccc(C(C)C)cc1.Cc1cc(C(C)C)cc(OC(F)(F)F)c1OC(F)(F)F.Cc1cc(C)cc(C(C)C)c1. The van der Waals surface area contributed by atoms with E-state index in [9.17, 15) is 52.7 Å². The highest BCUT2D eigenvalue weighted by molar-refractivity contribution is 5.50. The van der Waals surface area contributed by atoms with E-state index in [1.165, 1.54) is 53.3 Å². The highest BCUT2D eigenvalue weighted by atomic mass is 19.4. The summed E-state index contributed by atoms with van der Waals surface area (Å²) >= 11 is 0. The van der Waals surface area contributed by atoms with Gasteiger partial charge in [-0.3, -0.25) is 0 Å². The normalized spacial score (nSPS) is 12.2. The van der Waals surface area contributed by atoms with E-state index in [1.54, 1.807) is 50.2 Å². The smallest absolute Gasteiger partial charge is 0.494 e. The van der Waals surface area contributed by atoms with E-state index in [-0.39, 0.29) is 28.9 Å². The second-order valence-corrected chi connectivity index (χ2v) is 23.5. The largest absolute Gasteiger partial charge is 0.573 e. The van der Waals surface area contributed by atoms with E-state index in [0.717, 1.165) is 68.6 Å². The van der Waals surface area contributed by atoms with Gasteiger partial charge in [0.2, 0.25) is 0 Å². The fraction of sp³-hybridized carbons (Fsp3) is 0.500. The molecule has 2 unspecified atom stereocenters. The van der Waals surface area contributed by atoms with Gasteiger partial charge in [0.1, 0.15) is 23.0 Å².